The first kappa shape index (κ1) is 16.9. The predicted molar refractivity (Wildman–Crippen MR) is 66.3 cm³/mol. The zero-order valence-electron chi connectivity index (χ0n) is 11.3. The van der Waals surface area contributed by atoms with Crippen LogP contribution in [0.1, 0.15) is 27.2 Å². The molecule has 0 spiro atoms. The van der Waals surface area contributed by atoms with Crippen molar-refractivity contribution in [2.24, 2.45) is 5.92 Å². The molecule has 0 bridgehead atoms. The molecule has 0 saturated heterocycles. The van der Waals surface area contributed by atoms with Crippen LogP contribution in [0.3, 0.4) is 0 Å². The SMILES string of the molecule is CCOCCOCC(=O)NC(C(=O)O)C(C)CC. The third kappa shape index (κ3) is 7.24. The smallest absolute Gasteiger partial charge is 0.326 e. The minimum atomic E-state index is -1.02. The van der Waals surface area contributed by atoms with Crippen molar-refractivity contribution in [1.82, 2.24) is 5.32 Å². The molecule has 0 radical (unpaired) electrons. The van der Waals surface area contributed by atoms with Crippen LogP contribution in [-0.4, -0.2) is 49.5 Å². The van der Waals surface area contributed by atoms with Crippen molar-refractivity contribution in [2.45, 2.75) is 33.2 Å². The highest BCUT2D eigenvalue weighted by atomic mass is 16.5. The van der Waals surface area contributed by atoms with Crippen molar-refractivity contribution in [2.75, 3.05) is 26.4 Å². The van der Waals surface area contributed by atoms with Gasteiger partial charge in [-0.2, -0.15) is 0 Å². The molecule has 106 valence electrons. The molecule has 0 aromatic heterocycles. The maximum atomic E-state index is 11.5. The second kappa shape index (κ2) is 9.85. The Labute approximate surface area is 108 Å². The molecule has 0 aromatic rings. The summed E-state index contributed by atoms with van der Waals surface area (Å²) in [5.41, 5.74) is 0. The number of carboxylic acids is 1. The van der Waals surface area contributed by atoms with Crippen LogP contribution in [0.25, 0.3) is 0 Å². The molecule has 2 atom stereocenters. The lowest BCUT2D eigenvalue weighted by molar-refractivity contribution is -0.144. The summed E-state index contributed by atoms with van der Waals surface area (Å²) in [5.74, 6) is -1.55. The van der Waals surface area contributed by atoms with Gasteiger partial charge in [0.2, 0.25) is 5.91 Å². The number of ether oxygens (including phenoxy) is 2. The van der Waals surface area contributed by atoms with Gasteiger partial charge >= 0.3 is 5.97 Å². The molecule has 2 unspecified atom stereocenters. The summed E-state index contributed by atoms with van der Waals surface area (Å²) in [7, 11) is 0. The number of aliphatic carboxylic acids is 1. The van der Waals surface area contributed by atoms with E-state index in [4.69, 9.17) is 14.6 Å². The lowest BCUT2D eigenvalue weighted by Gasteiger charge is -2.20. The molecule has 0 aliphatic carbocycles. The van der Waals surface area contributed by atoms with Gasteiger partial charge in [-0.3, -0.25) is 4.79 Å². The fourth-order valence-electron chi connectivity index (χ4n) is 1.33. The monoisotopic (exact) mass is 261 g/mol. The summed E-state index contributed by atoms with van der Waals surface area (Å²) in [4.78, 5) is 22.4. The molecular weight excluding hydrogens is 238 g/mol. The second-order valence-corrected chi connectivity index (χ2v) is 4.02. The van der Waals surface area contributed by atoms with Gasteiger partial charge in [-0.15, -0.1) is 0 Å². The van der Waals surface area contributed by atoms with Gasteiger partial charge in [0.1, 0.15) is 12.6 Å². The average molecular weight is 261 g/mol. The molecule has 0 aliphatic heterocycles. The van der Waals surface area contributed by atoms with Crippen molar-refractivity contribution >= 4 is 11.9 Å². The van der Waals surface area contributed by atoms with Gasteiger partial charge in [0, 0.05) is 6.61 Å². The Bertz CT molecular complexity index is 257. The van der Waals surface area contributed by atoms with Gasteiger partial charge in [-0.25, -0.2) is 4.79 Å². The third-order valence-corrected chi connectivity index (χ3v) is 2.60. The van der Waals surface area contributed by atoms with Crippen LogP contribution in [-0.2, 0) is 19.1 Å². The summed E-state index contributed by atoms with van der Waals surface area (Å²) in [5, 5.41) is 11.4. The van der Waals surface area contributed by atoms with Gasteiger partial charge in [-0.05, 0) is 12.8 Å². The molecule has 6 nitrogen and oxygen atoms in total. The normalized spacial score (nSPS) is 13.9. The summed E-state index contributed by atoms with van der Waals surface area (Å²) in [6, 6.07) is -0.863. The molecule has 0 saturated carbocycles. The first-order valence-electron chi connectivity index (χ1n) is 6.20. The average Bonchev–Trinajstić information content (AvgIpc) is 2.34. The zero-order valence-corrected chi connectivity index (χ0v) is 11.3. The van der Waals surface area contributed by atoms with Gasteiger partial charge in [0.05, 0.1) is 13.2 Å². The van der Waals surface area contributed by atoms with E-state index in [9.17, 15) is 9.59 Å². The Balaban J connectivity index is 3.92. The number of carbonyl (C=O) groups excluding carboxylic acids is 1. The van der Waals surface area contributed by atoms with Gasteiger partial charge in [-0.1, -0.05) is 20.3 Å². The third-order valence-electron chi connectivity index (χ3n) is 2.60. The Morgan fingerprint density at radius 2 is 1.83 bits per heavy atom. The van der Waals surface area contributed by atoms with E-state index in [1.165, 1.54) is 0 Å². The summed E-state index contributed by atoms with van der Waals surface area (Å²) < 4.78 is 10.1. The van der Waals surface area contributed by atoms with Gasteiger partial charge in [0.25, 0.3) is 0 Å². The van der Waals surface area contributed by atoms with Gasteiger partial charge < -0.3 is 19.9 Å². The largest absolute Gasteiger partial charge is 0.480 e. The number of nitrogens with one attached hydrogen (secondary N) is 1. The van der Waals surface area contributed by atoms with Crippen LogP contribution >= 0.6 is 0 Å². The Kier molecular flexibility index (Phi) is 9.22. The van der Waals surface area contributed by atoms with E-state index in [1.807, 2.05) is 13.8 Å². The van der Waals surface area contributed by atoms with Crippen molar-refractivity contribution in [1.29, 1.82) is 0 Å². The van der Waals surface area contributed by atoms with Crippen molar-refractivity contribution in [3.63, 3.8) is 0 Å². The lowest BCUT2D eigenvalue weighted by atomic mass is 9.99. The maximum Gasteiger partial charge on any atom is 0.326 e. The van der Waals surface area contributed by atoms with E-state index >= 15 is 0 Å². The van der Waals surface area contributed by atoms with Crippen molar-refractivity contribution < 1.29 is 24.2 Å². The van der Waals surface area contributed by atoms with E-state index in [-0.39, 0.29) is 12.5 Å². The predicted octanol–water partition coefficient (Wildman–Crippen LogP) is 0.655. The van der Waals surface area contributed by atoms with Crippen molar-refractivity contribution in [3.05, 3.63) is 0 Å². The van der Waals surface area contributed by atoms with Crippen LogP contribution in [0.15, 0.2) is 0 Å². The van der Waals surface area contributed by atoms with Gasteiger partial charge in [0.15, 0.2) is 0 Å². The first-order valence-corrected chi connectivity index (χ1v) is 6.20. The van der Waals surface area contributed by atoms with Crippen LogP contribution < -0.4 is 5.32 Å². The van der Waals surface area contributed by atoms with E-state index < -0.39 is 17.9 Å². The molecule has 2 N–H and O–H groups in total. The number of carboxylic acid groups (broad SMARTS) is 1. The molecule has 0 aromatic carbocycles. The number of carbonyl (C=O) groups is 2. The van der Waals surface area contributed by atoms with Crippen LogP contribution in [0.2, 0.25) is 0 Å². The molecule has 6 heteroatoms. The Morgan fingerprint density at radius 3 is 2.33 bits per heavy atom. The highest BCUT2D eigenvalue weighted by molar-refractivity contribution is 5.84. The molecule has 18 heavy (non-hydrogen) atoms. The van der Waals surface area contributed by atoms with E-state index in [2.05, 4.69) is 5.32 Å². The Morgan fingerprint density at radius 1 is 1.22 bits per heavy atom. The topological polar surface area (TPSA) is 84.9 Å². The number of hydrogen-bond acceptors (Lipinski definition) is 4. The summed E-state index contributed by atoms with van der Waals surface area (Å²) >= 11 is 0. The highest BCUT2D eigenvalue weighted by Gasteiger charge is 2.24. The molecule has 0 aliphatic rings. The van der Waals surface area contributed by atoms with Crippen LogP contribution in [0, 0.1) is 5.92 Å². The summed E-state index contributed by atoms with van der Waals surface area (Å²) in [6.07, 6.45) is 0.683. The Hall–Kier alpha value is -1.14. The number of amides is 1. The summed E-state index contributed by atoms with van der Waals surface area (Å²) in [6.45, 7) is 6.74. The van der Waals surface area contributed by atoms with Crippen molar-refractivity contribution in [3.8, 4) is 0 Å². The molecular formula is C12H23NO5. The number of hydrogen-bond donors (Lipinski definition) is 2. The van der Waals surface area contributed by atoms with E-state index in [0.717, 1.165) is 0 Å². The fraction of sp³-hybridized carbons (Fsp3) is 0.833. The number of rotatable bonds is 10. The minimum Gasteiger partial charge on any atom is -0.480 e. The van der Waals surface area contributed by atoms with E-state index in [0.29, 0.717) is 26.2 Å². The fourth-order valence-corrected chi connectivity index (χ4v) is 1.33. The minimum absolute atomic E-state index is 0.116. The molecule has 1 amide bonds. The molecule has 0 rings (SSSR count). The first-order chi connectivity index (χ1) is 8.52. The standard InChI is InChI=1S/C12H23NO5/c1-4-9(3)11(12(15)16)13-10(14)8-18-7-6-17-5-2/h9,11H,4-8H2,1-3H3,(H,13,14)(H,15,16). The second-order valence-electron chi connectivity index (χ2n) is 4.02. The van der Waals surface area contributed by atoms with Crippen LogP contribution in [0.5, 0.6) is 0 Å². The molecule has 0 heterocycles. The highest BCUT2D eigenvalue weighted by Crippen LogP contribution is 2.07. The van der Waals surface area contributed by atoms with Crippen LogP contribution in [0.4, 0.5) is 0 Å². The quantitative estimate of drug-likeness (QED) is 0.564. The lowest BCUT2D eigenvalue weighted by Crippen LogP contribution is -2.46. The zero-order chi connectivity index (χ0) is 14.0. The van der Waals surface area contributed by atoms with E-state index in [1.54, 1.807) is 6.92 Å². The maximum absolute atomic E-state index is 11.5. The molecule has 0 fully saturated rings.